The largest absolute Gasteiger partial charge is 0.391 e. The normalized spacial score (nSPS) is 12.5. The van der Waals surface area contributed by atoms with E-state index >= 15 is 0 Å². The Bertz CT molecular complexity index is 395. The number of nitrogens with one attached hydrogen (secondary N) is 2. The lowest BCUT2D eigenvalue weighted by Gasteiger charge is -2.16. The van der Waals surface area contributed by atoms with Crippen molar-refractivity contribution >= 4 is 11.6 Å². The molecular formula is C15H28N4O. The molecule has 5 heteroatoms. The van der Waals surface area contributed by atoms with Crippen LogP contribution in [0.4, 0.5) is 11.6 Å². The Labute approximate surface area is 122 Å². The van der Waals surface area contributed by atoms with Crippen LogP contribution in [0.2, 0.25) is 0 Å². The van der Waals surface area contributed by atoms with Crippen LogP contribution in [0, 0.1) is 5.92 Å². The van der Waals surface area contributed by atoms with Gasteiger partial charge in [-0.3, -0.25) is 0 Å². The first-order chi connectivity index (χ1) is 9.56. The second kappa shape index (κ2) is 8.74. The van der Waals surface area contributed by atoms with Gasteiger partial charge in [-0.1, -0.05) is 27.7 Å². The van der Waals surface area contributed by atoms with Crippen LogP contribution in [0.3, 0.4) is 0 Å². The summed E-state index contributed by atoms with van der Waals surface area (Å²) >= 11 is 0. The SMILES string of the molecule is CCCNc1cc(NCC(O)C(C)C)nc(CCC)n1. The maximum Gasteiger partial charge on any atom is 0.133 e. The Hall–Kier alpha value is -1.36. The Morgan fingerprint density at radius 1 is 1.10 bits per heavy atom. The zero-order valence-electron chi connectivity index (χ0n) is 13.1. The quantitative estimate of drug-likeness (QED) is 0.649. The van der Waals surface area contributed by atoms with Crippen LogP contribution in [0.1, 0.15) is 46.4 Å². The summed E-state index contributed by atoms with van der Waals surface area (Å²) in [5.41, 5.74) is 0. The molecule has 0 saturated carbocycles. The maximum absolute atomic E-state index is 9.85. The number of nitrogens with zero attached hydrogens (tertiary/aromatic N) is 2. The first-order valence-corrected chi connectivity index (χ1v) is 7.60. The second-order valence-electron chi connectivity index (χ2n) is 5.42. The van der Waals surface area contributed by atoms with E-state index in [9.17, 15) is 5.11 Å². The van der Waals surface area contributed by atoms with Gasteiger partial charge in [-0.15, -0.1) is 0 Å². The number of aliphatic hydroxyl groups is 1. The van der Waals surface area contributed by atoms with E-state index < -0.39 is 0 Å². The fourth-order valence-electron chi connectivity index (χ4n) is 1.71. The molecule has 3 N–H and O–H groups in total. The molecule has 0 radical (unpaired) electrons. The molecule has 1 rings (SSSR count). The lowest BCUT2D eigenvalue weighted by atomic mass is 10.1. The smallest absolute Gasteiger partial charge is 0.133 e. The highest BCUT2D eigenvalue weighted by atomic mass is 16.3. The molecule has 0 amide bonds. The van der Waals surface area contributed by atoms with E-state index in [0.29, 0.717) is 6.54 Å². The zero-order valence-corrected chi connectivity index (χ0v) is 13.1. The predicted octanol–water partition coefficient (Wildman–Crippen LogP) is 2.68. The van der Waals surface area contributed by atoms with Gasteiger partial charge in [-0.2, -0.15) is 0 Å². The number of anilines is 2. The number of aromatic nitrogens is 2. The van der Waals surface area contributed by atoms with Crippen molar-refractivity contribution < 1.29 is 5.11 Å². The van der Waals surface area contributed by atoms with Crippen molar-refractivity contribution in [3.05, 3.63) is 11.9 Å². The molecule has 114 valence electrons. The van der Waals surface area contributed by atoms with Crippen LogP contribution < -0.4 is 10.6 Å². The van der Waals surface area contributed by atoms with Crippen LogP contribution in [-0.4, -0.2) is 34.3 Å². The minimum absolute atomic E-state index is 0.233. The Morgan fingerprint density at radius 2 is 1.75 bits per heavy atom. The fraction of sp³-hybridized carbons (Fsp3) is 0.733. The van der Waals surface area contributed by atoms with E-state index in [1.807, 2.05) is 19.9 Å². The molecule has 0 aliphatic carbocycles. The molecule has 1 atom stereocenters. The predicted molar refractivity (Wildman–Crippen MR) is 84.1 cm³/mol. The van der Waals surface area contributed by atoms with E-state index in [0.717, 1.165) is 43.3 Å². The van der Waals surface area contributed by atoms with Gasteiger partial charge in [0.15, 0.2) is 0 Å². The summed E-state index contributed by atoms with van der Waals surface area (Å²) in [7, 11) is 0. The number of rotatable bonds is 9. The van der Waals surface area contributed by atoms with Crippen LogP contribution >= 0.6 is 0 Å². The van der Waals surface area contributed by atoms with E-state index in [1.54, 1.807) is 0 Å². The highest BCUT2D eigenvalue weighted by Gasteiger charge is 2.10. The van der Waals surface area contributed by atoms with Crippen molar-refractivity contribution in [2.75, 3.05) is 23.7 Å². The average Bonchev–Trinajstić information content (AvgIpc) is 2.42. The number of hydrogen-bond donors (Lipinski definition) is 3. The molecule has 0 fully saturated rings. The first-order valence-electron chi connectivity index (χ1n) is 7.60. The summed E-state index contributed by atoms with van der Waals surface area (Å²) in [5, 5.41) is 16.3. The molecule has 20 heavy (non-hydrogen) atoms. The van der Waals surface area contributed by atoms with Gasteiger partial charge in [0.2, 0.25) is 0 Å². The highest BCUT2D eigenvalue weighted by Crippen LogP contribution is 2.13. The lowest BCUT2D eigenvalue weighted by molar-refractivity contribution is 0.138. The van der Waals surface area contributed by atoms with Gasteiger partial charge in [-0.05, 0) is 18.8 Å². The molecule has 0 aliphatic rings. The maximum atomic E-state index is 9.85. The van der Waals surface area contributed by atoms with E-state index in [1.165, 1.54) is 0 Å². The highest BCUT2D eigenvalue weighted by molar-refractivity contribution is 5.47. The van der Waals surface area contributed by atoms with Crippen molar-refractivity contribution in [2.24, 2.45) is 5.92 Å². The average molecular weight is 280 g/mol. The van der Waals surface area contributed by atoms with E-state index in [2.05, 4.69) is 34.4 Å². The molecule has 1 heterocycles. The number of aryl methyl sites for hydroxylation is 1. The van der Waals surface area contributed by atoms with E-state index in [4.69, 9.17) is 0 Å². The second-order valence-corrected chi connectivity index (χ2v) is 5.42. The van der Waals surface area contributed by atoms with Gasteiger partial charge in [0.05, 0.1) is 6.10 Å². The van der Waals surface area contributed by atoms with Crippen LogP contribution in [0.25, 0.3) is 0 Å². The van der Waals surface area contributed by atoms with Crippen molar-refractivity contribution in [3.8, 4) is 0 Å². The summed E-state index contributed by atoms with van der Waals surface area (Å²) < 4.78 is 0. The Balaban J connectivity index is 2.74. The molecule has 0 saturated heterocycles. The summed E-state index contributed by atoms with van der Waals surface area (Å²) in [5.74, 6) is 2.71. The minimum atomic E-state index is -0.369. The Morgan fingerprint density at radius 3 is 2.30 bits per heavy atom. The standard InChI is InChI=1S/C15H28N4O/c1-5-7-13-18-14(16-8-6-2)9-15(19-13)17-10-12(20)11(3)4/h9,11-12,20H,5-8,10H2,1-4H3,(H2,16,17,18,19). The summed E-state index contributed by atoms with van der Waals surface area (Å²) in [6.07, 6.45) is 2.57. The Kier molecular flexibility index (Phi) is 7.30. The molecule has 0 bridgehead atoms. The third kappa shape index (κ3) is 5.74. The van der Waals surface area contributed by atoms with E-state index in [-0.39, 0.29) is 12.0 Å². The van der Waals surface area contributed by atoms with Gasteiger partial charge in [0.25, 0.3) is 0 Å². The monoisotopic (exact) mass is 280 g/mol. The molecular weight excluding hydrogens is 252 g/mol. The third-order valence-corrected chi connectivity index (χ3v) is 3.06. The van der Waals surface area contributed by atoms with Crippen LogP contribution in [-0.2, 0) is 6.42 Å². The van der Waals surface area contributed by atoms with Crippen LogP contribution in [0.5, 0.6) is 0 Å². The first kappa shape index (κ1) is 16.7. The molecule has 5 nitrogen and oxygen atoms in total. The molecule has 1 aromatic heterocycles. The summed E-state index contributed by atoms with van der Waals surface area (Å²) in [6.45, 7) is 9.65. The van der Waals surface area contributed by atoms with Crippen LogP contribution in [0.15, 0.2) is 6.07 Å². The summed E-state index contributed by atoms with van der Waals surface area (Å²) in [4.78, 5) is 8.99. The molecule has 0 spiro atoms. The lowest BCUT2D eigenvalue weighted by Crippen LogP contribution is -2.25. The minimum Gasteiger partial charge on any atom is -0.391 e. The molecule has 0 aliphatic heterocycles. The zero-order chi connectivity index (χ0) is 15.0. The topological polar surface area (TPSA) is 70.1 Å². The third-order valence-electron chi connectivity index (χ3n) is 3.06. The van der Waals surface area contributed by atoms with Crippen molar-refractivity contribution in [1.82, 2.24) is 9.97 Å². The van der Waals surface area contributed by atoms with Crippen molar-refractivity contribution in [1.29, 1.82) is 0 Å². The fourth-order valence-corrected chi connectivity index (χ4v) is 1.71. The molecule has 1 unspecified atom stereocenters. The molecule has 0 aromatic carbocycles. The van der Waals surface area contributed by atoms with Gasteiger partial charge >= 0.3 is 0 Å². The van der Waals surface area contributed by atoms with Gasteiger partial charge < -0.3 is 15.7 Å². The van der Waals surface area contributed by atoms with Crippen molar-refractivity contribution in [3.63, 3.8) is 0 Å². The number of hydrogen-bond acceptors (Lipinski definition) is 5. The van der Waals surface area contributed by atoms with Gasteiger partial charge in [0, 0.05) is 25.6 Å². The number of aliphatic hydroxyl groups excluding tert-OH is 1. The van der Waals surface area contributed by atoms with Gasteiger partial charge in [-0.25, -0.2) is 9.97 Å². The summed E-state index contributed by atoms with van der Waals surface area (Å²) in [6, 6.07) is 1.90. The van der Waals surface area contributed by atoms with Gasteiger partial charge in [0.1, 0.15) is 17.5 Å². The van der Waals surface area contributed by atoms with Crippen molar-refractivity contribution in [2.45, 2.75) is 53.1 Å². The molecule has 1 aromatic rings.